The Balaban J connectivity index is 2.04. The average molecular weight is 301 g/mol. The van der Waals surface area contributed by atoms with Gasteiger partial charge in [0.2, 0.25) is 5.91 Å². The molecule has 0 radical (unpaired) electrons. The number of anilines is 1. The molecule has 0 saturated carbocycles. The lowest BCUT2D eigenvalue weighted by molar-refractivity contribution is -0.111. The van der Waals surface area contributed by atoms with Crippen molar-refractivity contribution in [2.75, 3.05) is 19.5 Å². The van der Waals surface area contributed by atoms with Crippen molar-refractivity contribution in [1.82, 2.24) is 0 Å². The lowest BCUT2D eigenvalue weighted by Crippen LogP contribution is -2.07. The van der Waals surface area contributed by atoms with Crippen molar-refractivity contribution in [3.63, 3.8) is 0 Å². The van der Waals surface area contributed by atoms with Crippen LogP contribution in [0.1, 0.15) is 5.56 Å². The summed E-state index contributed by atoms with van der Waals surface area (Å²) in [4.78, 5) is 11.9. The molecule has 1 amide bonds. The molecule has 0 fully saturated rings. The van der Waals surface area contributed by atoms with Gasteiger partial charge in [-0.25, -0.2) is 4.39 Å². The van der Waals surface area contributed by atoms with Crippen molar-refractivity contribution in [3.05, 3.63) is 59.9 Å². The number of carbonyl (C=O) groups is 1. The Morgan fingerprint density at radius 3 is 2.36 bits per heavy atom. The highest BCUT2D eigenvalue weighted by Gasteiger charge is 2.05. The van der Waals surface area contributed by atoms with Crippen molar-refractivity contribution < 1.29 is 18.7 Å². The van der Waals surface area contributed by atoms with Gasteiger partial charge in [-0.3, -0.25) is 4.79 Å². The molecule has 0 aliphatic heterocycles. The highest BCUT2D eigenvalue weighted by molar-refractivity contribution is 6.02. The molecule has 4 nitrogen and oxygen atoms in total. The highest BCUT2D eigenvalue weighted by atomic mass is 19.1. The summed E-state index contributed by atoms with van der Waals surface area (Å²) >= 11 is 0. The second kappa shape index (κ2) is 7.26. The van der Waals surface area contributed by atoms with E-state index >= 15 is 0 Å². The molecule has 2 rings (SSSR count). The number of carbonyl (C=O) groups excluding carboxylic acids is 1. The third-order valence-corrected chi connectivity index (χ3v) is 2.95. The maximum atomic E-state index is 12.8. The van der Waals surface area contributed by atoms with Gasteiger partial charge < -0.3 is 14.8 Å². The lowest BCUT2D eigenvalue weighted by atomic mass is 10.2. The van der Waals surface area contributed by atoms with Crippen molar-refractivity contribution in [2.45, 2.75) is 0 Å². The van der Waals surface area contributed by atoms with E-state index in [1.54, 1.807) is 43.5 Å². The second-order valence-electron chi connectivity index (χ2n) is 4.44. The molecule has 0 aromatic heterocycles. The Bertz CT molecular complexity index is 681. The van der Waals surface area contributed by atoms with Gasteiger partial charge in [0.15, 0.2) is 11.5 Å². The Kier molecular flexibility index (Phi) is 5.14. The zero-order chi connectivity index (χ0) is 15.9. The van der Waals surface area contributed by atoms with E-state index in [-0.39, 0.29) is 11.7 Å². The van der Waals surface area contributed by atoms with E-state index in [1.807, 2.05) is 0 Å². The smallest absolute Gasteiger partial charge is 0.248 e. The van der Waals surface area contributed by atoms with E-state index in [1.165, 1.54) is 25.3 Å². The fourth-order valence-corrected chi connectivity index (χ4v) is 1.84. The molecule has 0 aliphatic rings. The first-order chi connectivity index (χ1) is 10.6. The predicted octanol–water partition coefficient (Wildman–Crippen LogP) is 3.49. The first kappa shape index (κ1) is 15.6. The molecule has 0 saturated heterocycles. The molecule has 5 heteroatoms. The number of ether oxygens (including phenoxy) is 2. The summed E-state index contributed by atoms with van der Waals surface area (Å²) in [6.45, 7) is 0. The minimum atomic E-state index is -0.313. The SMILES string of the molecule is COc1ccc(NC(=O)/C=C/c2ccc(F)cc2)cc1OC. The number of hydrogen-bond acceptors (Lipinski definition) is 3. The van der Waals surface area contributed by atoms with Crippen LogP contribution in [0.3, 0.4) is 0 Å². The molecule has 0 bridgehead atoms. The van der Waals surface area contributed by atoms with E-state index in [9.17, 15) is 9.18 Å². The fourth-order valence-electron chi connectivity index (χ4n) is 1.84. The van der Waals surface area contributed by atoms with Crippen molar-refractivity contribution in [3.8, 4) is 11.5 Å². The van der Waals surface area contributed by atoms with Crippen LogP contribution in [-0.4, -0.2) is 20.1 Å². The number of amides is 1. The van der Waals surface area contributed by atoms with Gasteiger partial charge in [0.1, 0.15) is 5.82 Å². The van der Waals surface area contributed by atoms with E-state index in [4.69, 9.17) is 9.47 Å². The molecule has 2 aromatic rings. The topological polar surface area (TPSA) is 47.6 Å². The van der Waals surface area contributed by atoms with E-state index < -0.39 is 0 Å². The molecule has 0 spiro atoms. The standard InChI is InChI=1S/C17H16FNO3/c1-21-15-9-8-14(11-16(15)22-2)19-17(20)10-5-12-3-6-13(18)7-4-12/h3-11H,1-2H3,(H,19,20)/b10-5+. The maximum Gasteiger partial charge on any atom is 0.248 e. The van der Waals surface area contributed by atoms with E-state index in [0.717, 1.165) is 5.56 Å². The maximum absolute atomic E-state index is 12.8. The van der Waals surface area contributed by atoms with Gasteiger partial charge in [0, 0.05) is 17.8 Å². The molecule has 0 heterocycles. The van der Waals surface area contributed by atoms with Gasteiger partial charge in [-0.1, -0.05) is 12.1 Å². The molecule has 2 aromatic carbocycles. The quantitative estimate of drug-likeness (QED) is 0.860. The predicted molar refractivity (Wildman–Crippen MR) is 83.6 cm³/mol. The van der Waals surface area contributed by atoms with Crippen LogP contribution in [0, 0.1) is 5.82 Å². The van der Waals surface area contributed by atoms with Gasteiger partial charge in [-0.2, -0.15) is 0 Å². The average Bonchev–Trinajstić information content (AvgIpc) is 2.54. The van der Waals surface area contributed by atoms with E-state index in [0.29, 0.717) is 17.2 Å². The van der Waals surface area contributed by atoms with Crippen molar-refractivity contribution >= 4 is 17.7 Å². The first-order valence-electron chi connectivity index (χ1n) is 6.59. The Morgan fingerprint density at radius 1 is 1.05 bits per heavy atom. The largest absolute Gasteiger partial charge is 0.493 e. The Hall–Kier alpha value is -2.82. The van der Waals surface area contributed by atoms with Crippen LogP contribution >= 0.6 is 0 Å². The monoisotopic (exact) mass is 301 g/mol. The van der Waals surface area contributed by atoms with Crippen LogP contribution in [0.15, 0.2) is 48.5 Å². The number of benzene rings is 2. The van der Waals surface area contributed by atoms with Crippen molar-refractivity contribution in [1.29, 1.82) is 0 Å². The van der Waals surface area contributed by atoms with Crippen LogP contribution in [0.2, 0.25) is 0 Å². The van der Waals surface area contributed by atoms with Crippen LogP contribution in [-0.2, 0) is 4.79 Å². The minimum Gasteiger partial charge on any atom is -0.493 e. The molecule has 22 heavy (non-hydrogen) atoms. The molecule has 1 N–H and O–H groups in total. The number of halogens is 1. The molecule has 0 aliphatic carbocycles. The molecule has 0 unspecified atom stereocenters. The summed E-state index contributed by atoms with van der Waals surface area (Å²) in [6.07, 6.45) is 2.99. The molecular weight excluding hydrogens is 285 g/mol. The lowest BCUT2D eigenvalue weighted by Gasteiger charge is -2.09. The summed E-state index contributed by atoms with van der Waals surface area (Å²) < 4.78 is 23.1. The van der Waals surface area contributed by atoms with Crippen LogP contribution in [0.4, 0.5) is 10.1 Å². The van der Waals surface area contributed by atoms with Gasteiger partial charge in [-0.05, 0) is 35.9 Å². The third kappa shape index (κ3) is 4.09. The molecule has 114 valence electrons. The van der Waals surface area contributed by atoms with Gasteiger partial charge in [0.25, 0.3) is 0 Å². The minimum absolute atomic E-state index is 0.295. The second-order valence-corrected chi connectivity index (χ2v) is 4.44. The first-order valence-corrected chi connectivity index (χ1v) is 6.59. The normalized spacial score (nSPS) is 10.5. The van der Waals surface area contributed by atoms with Gasteiger partial charge in [0.05, 0.1) is 14.2 Å². The zero-order valence-corrected chi connectivity index (χ0v) is 12.3. The highest BCUT2D eigenvalue weighted by Crippen LogP contribution is 2.29. The summed E-state index contributed by atoms with van der Waals surface area (Å²) in [5.74, 6) is 0.508. The Labute approximate surface area is 128 Å². The summed E-state index contributed by atoms with van der Waals surface area (Å²) in [7, 11) is 3.07. The van der Waals surface area contributed by atoms with E-state index in [2.05, 4.69) is 5.32 Å². The summed E-state index contributed by atoms with van der Waals surface area (Å²) in [6, 6.07) is 11.0. The number of nitrogens with one attached hydrogen (secondary N) is 1. The fraction of sp³-hybridized carbons (Fsp3) is 0.118. The summed E-state index contributed by atoms with van der Waals surface area (Å²) in [5, 5.41) is 2.71. The molecular formula is C17H16FNO3. The van der Waals surface area contributed by atoms with Crippen LogP contribution < -0.4 is 14.8 Å². The van der Waals surface area contributed by atoms with Crippen molar-refractivity contribution in [2.24, 2.45) is 0 Å². The third-order valence-electron chi connectivity index (χ3n) is 2.95. The van der Waals surface area contributed by atoms with Gasteiger partial charge in [-0.15, -0.1) is 0 Å². The van der Waals surface area contributed by atoms with Crippen LogP contribution in [0.25, 0.3) is 6.08 Å². The van der Waals surface area contributed by atoms with Gasteiger partial charge >= 0.3 is 0 Å². The number of methoxy groups -OCH3 is 2. The summed E-state index contributed by atoms with van der Waals surface area (Å²) in [5.41, 5.74) is 1.33. The number of rotatable bonds is 5. The number of hydrogen-bond donors (Lipinski definition) is 1. The zero-order valence-electron chi connectivity index (χ0n) is 12.3. The van der Waals surface area contributed by atoms with Crippen LogP contribution in [0.5, 0.6) is 11.5 Å². The Morgan fingerprint density at radius 2 is 1.73 bits per heavy atom. The molecule has 0 atom stereocenters.